The van der Waals surface area contributed by atoms with Gasteiger partial charge < -0.3 is 14.9 Å². The number of aliphatic hydroxyl groups is 1. The first-order valence-corrected chi connectivity index (χ1v) is 16.7. The zero-order valence-electron chi connectivity index (χ0n) is 27.0. The maximum absolute atomic E-state index is 13.1. The van der Waals surface area contributed by atoms with Gasteiger partial charge in [-0.25, -0.2) is 4.79 Å². The molecule has 0 spiro atoms. The third kappa shape index (κ3) is 4.18. The maximum atomic E-state index is 13.1. The van der Waals surface area contributed by atoms with E-state index in [9.17, 15) is 19.8 Å². The Morgan fingerprint density at radius 3 is 2.19 bits per heavy atom. The molecule has 0 saturated heterocycles. The second-order valence-electron chi connectivity index (χ2n) is 17.1. The van der Waals surface area contributed by atoms with Gasteiger partial charge in [0.2, 0.25) is 0 Å². The third-order valence-corrected chi connectivity index (χ3v) is 15.0. The van der Waals surface area contributed by atoms with Crippen LogP contribution < -0.4 is 0 Å². The van der Waals surface area contributed by atoms with Gasteiger partial charge in [0, 0.05) is 5.92 Å². The molecule has 0 amide bonds. The zero-order valence-corrected chi connectivity index (χ0v) is 27.0. The highest BCUT2D eigenvalue weighted by Crippen LogP contribution is 2.77. The van der Waals surface area contributed by atoms with E-state index in [0.29, 0.717) is 29.7 Å². The van der Waals surface area contributed by atoms with Crippen LogP contribution in [0.15, 0.2) is 30.3 Å². The molecule has 5 fully saturated rings. The summed E-state index contributed by atoms with van der Waals surface area (Å²) in [4.78, 5) is 25.5. The number of carboxylic acid groups (broad SMARTS) is 1. The fourth-order valence-corrected chi connectivity index (χ4v) is 12.4. The highest BCUT2D eigenvalue weighted by molar-refractivity contribution is 5.89. The van der Waals surface area contributed by atoms with Gasteiger partial charge in [0.15, 0.2) is 0 Å². The first-order chi connectivity index (χ1) is 19.6. The lowest BCUT2D eigenvalue weighted by Gasteiger charge is -2.74. The minimum absolute atomic E-state index is 0.0192. The lowest BCUT2D eigenvalue weighted by molar-refractivity contribution is -0.263. The molecule has 1 aromatic rings. The second-order valence-corrected chi connectivity index (χ2v) is 17.1. The number of rotatable bonds is 3. The molecule has 0 aromatic heterocycles. The van der Waals surface area contributed by atoms with Gasteiger partial charge in [-0.3, -0.25) is 4.79 Å². The van der Waals surface area contributed by atoms with Crippen LogP contribution in [0.5, 0.6) is 0 Å². The standard InChI is InChI=1S/C37H54O5/c1-22-30(42-32(41)23-11-9-8-10-12-23)27(38)19-29-34(22,4)15-14-28-35(29,5)17-18-36(6)26-21-33(2,3)20-25(31(39)40)24(26)13-16-37(28,36)7/h8-12,22,24-30,38H,13-21H2,1-7H3,(H,39,40)/t22-,24-,25+,26+,27+,28-,29+,30+,34+,35+,36-,37+/m0/s1. The molecule has 5 saturated carbocycles. The average Bonchev–Trinajstić information content (AvgIpc) is 2.93. The van der Waals surface area contributed by atoms with Crippen molar-refractivity contribution >= 4 is 11.9 Å². The largest absolute Gasteiger partial charge is 0.481 e. The van der Waals surface area contributed by atoms with Crippen molar-refractivity contribution in [1.82, 2.24) is 0 Å². The summed E-state index contributed by atoms with van der Waals surface area (Å²) < 4.78 is 6.08. The van der Waals surface area contributed by atoms with Crippen LogP contribution in [0, 0.1) is 62.6 Å². The molecule has 1 aromatic carbocycles. The van der Waals surface area contributed by atoms with E-state index in [1.807, 2.05) is 18.2 Å². The zero-order chi connectivity index (χ0) is 30.5. The van der Waals surface area contributed by atoms with E-state index in [-0.39, 0.29) is 50.8 Å². The number of carboxylic acids is 1. The third-order valence-electron chi connectivity index (χ3n) is 15.0. The van der Waals surface area contributed by atoms with Crippen molar-refractivity contribution in [3.63, 3.8) is 0 Å². The van der Waals surface area contributed by atoms with E-state index in [4.69, 9.17) is 4.74 Å². The van der Waals surface area contributed by atoms with E-state index in [2.05, 4.69) is 48.5 Å². The van der Waals surface area contributed by atoms with Gasteiger partial charge in [0.05, 0.1) is 17.6 Å². The topological polar surface area (TPSA) is 83.8 Å². The molecule has 12 atom stereocenters. The van der Waals surface area contributed by atoms with Gasteiger partial charge in [-0.1, -0.05) is 66.7 Å². The lowest BCUT2D eigenvalue weighted by Crippen LogP contribution is -2.68. The Bertz CT molecular complexity index is 1230. The van der Waals surface area contributed by atoms with E-state index in [0.717, 1.165) is 51.4 Å². The number of benzene rings is 1. The summed E-state index contributed by atoms with van der Waals surface area (Å²) in [6.07, 6.45) is 8.03. The normalized spacial score (nSPS) is 49.4. The number of hydrogen-bond acceptors (Lipinski definition) is 4. The Morgan fingerprint density at radius 2 is 1.52 bits per heavy atom. The molecule has 232 valence electrons. The van der Waals surface area contributed by atoms with Crippen molar-refractivity contribution in [3.05, 3.63) is 35.9 Å². The molecule has 5 heteroatoms. The molecule has 5 aliphatic rings. The van der Waals surface area contributed by atoms with Crippen LogP contribution in [0.4, 0.5) is 0 Å². The Morgan fingerprint density at radius 1 is 0.833 bits per heavy atom. The van der Waals surface area contributed by atoms with E-state index in [1.165, 1.54) is 0 Å². The van der Waals surface area contributed by atoms with Crippen molar-refractivity contribution < 1.29 is 24.5 Å². The smallest absolute Gasteiger partial charge is 0.338 e. The van der Waals surface area contributed by atoms with Gasteiger partial charge in [-0.2, -0.15) is 0 Å². The molecule has 2 N–H and O–H groups in total. The molecule has 5 nitrogen and oxygen atoms in total. The summed E-state index contributed by atoms with van der Waals surface area (Å²) in [6.45, 7) is 16.8. The van der Waals surface area contributed by atoms with Crippen molar-refractivity contribution in [1.29, 1.82) is 0 Å². The van der Waals surface area contributed by atoms with Crippen molar-refractivity contribution in [2.45, 2.75) is 118 Å². The highest BCUT2D eigenvalue weighted by Gasteiger charge is 2.71. The molecule has 0 aliphatic heterocycles. The summed E-state index contributed by atoms with van der Waals surface area (Å²) in [7, 11) is 0. The molecule has 0 heterocycles. The van der Waals surface area contributed by atoms with Crippen LogP contribution >= 0.6 is 0 Å². The summed E-state index contributed by atoms with van der Waals surface area (Å²) in [5.74, 6) is 0.512. The average molecular weight is 579 g/mol. The van der Waals surface area contributed by atoms with Crippen molar-refractivity contribution in [2.75, 3.05) is 0 Å². The first-order valence-electron chi connectivity index (χ1n) is 16.7. The number of carbonyl (C=O) groups is 2. The van der Waals surface area contributed by atoms with Gasteiger partial charge >= 0.3 is 11.9 Å². The predicted octanol–water partition coefficient (Wildman–Crippen LogP) is 8.00. The van der Waals surface area contributed by atoms with E-state index >= 15 is 0 Å². The molecule has 6 rings (SSSR count). The first kappa shape index (κ1) is 30.2. The molecule has 5 aliphatic carbocycles. The van der Waals surface area contributed by atoms with Gasteiger partial charge in [0.25, 0.3) is 0 Å². The molecule has 0 unspecified atom stereocenters. The number of hydrogen-bond donors (Lipinski definition) is 2. The molecule has 0 bridgehead atoms. The van der Waals surface area contributed by atoms with Crippen LogP contribution in [0.2, 0.25) is 0 Å². The fraction of sp³-hybridized carbons (Fsp3) is 0.784. The Balaban J connectivity index is 1.29. The highest BCUT2D eigenvalue weighted by atomic mass is 16.6. The van der Waals surface area contributed by atoms with Gasteiger partial charge in [-0.05, 0) is 121 Å². The van der Waals surface area contributed by atoms with Crippen LogP contribution in [0.1, 0.15) is 117 Å². The monoisotopic (exact) mass is 578 g/mol. The molecule has 0 radical (unpaired) electrons. The quantitative estimate of drug-likeness (QED) is 0.355. The van der Waals surface area contributed by atoms with Crippen molar-refractivity contribution in [3.8, 4) is 0 Å². The summed E-state index contributed by atoms with van der Waals surface area (Å²) in [5.41, 5.74) is 0.913. The van der Waals surface area contributed by atoms with Crippen LogP contribution in [-0.2, 0) is 9.53 Å². The van der Waals surface area contributed by atoms with E-state index in [1.54, 1.807) is 12.1 Å². The number of aliphatic hydroxyl groups excluding tert-OH is 1. The molecular weight excluding hydrogens is 524 g/mol. The number of ether oxygens (including phenoxy) is 1. The number of aliphatic carboxylic acids is 1. The second kappa shape index (κ2) is 9.81. The van der Waals surface area contributed by atoms with Gasteiger partial charge in [0.1, 0.15) is 6.10 Å². The lowest BCUT2D eigenvalue weighted by atomic mass is 9.31. The summed E-state index contributed by atoms with van der Waals surface area (Å²) >= 11 is 0. The Kier molecular flexibility index (Phi) is 7.04. The van der Waals surface area contributed by atoms with Gasteiger partial charge in [-0.15, -0.1) is 0 Å². The summed E-state index contributed by atoms with van der Waals surface area (Å²) in [6, 6.07) is 9.13. The minimum Gasteiger partial charge on any atom is -0.481 e. The molecule has 42 heavy (non-hydrogen) atoms. The Hall–Kier alpha value is -1.88. The minimum atomic E-state index is -0.673. The van der Waals surface area contributed by atoms with Crippen LogP contribution in [0.3, 0.4) is 0 Å². The number of fused-ring (bicyclic) bond motifs is 7. The maximum Gasteiger partial charge on any atom is 0.338 e. The Labute approximate surface area is 253 Å². The SMILES string of the molecule is C[C@H]1[C@@H](OC(=O)c2ccccc2)[C@H](O)C[C@@H]2[C@]1(C)CC[C@H]1[C@@]2(C)CC[C@@]2(C)[C@@H]3CC(C)(C)C[C@@H](C(=O)O)[C@@H]3CC[C@]12C. The van der Waals surface area contributed by atoms with E-state index < -0.39 is 18.2 Å². The van der Waals surface area contributed by atoms with Crippen LogP contribution in [-0.4, -0.2) is 34.4 Å². The number of carbonyl (C=O) groups excluding carboxylic acids is 1. The fourth-order valence-electron chi connectivity index (χ4n) is 12.4. The van der Waals surface area contributed by atoms with Crippen LogP contribution in [0.25, 0.3) is 0 Å². The van der Waals surface area contributed by atoms with Crippen molar-refractivity contribution in [2.24, 2.45) is 62.6 Å². The number of esters is 1. The molecular formula is C37H54O5. The summed E-state index contributed by atoms with van der Waals surface area (Å²) in [5, 5.41) is 21.9. The predicted molar refractivity (Wildman–Crippen MR) is 164 cm³/mol.